The fourth-order valence-corrected chi connectivity index (χ4v) is 4.63. The Kier molecular flexibility index (Phi) is 6.87. The van der Waals surface area contributed by atoms with Crippen molar-refractivity contribution in [3.8, 4) is 11.5 Å². The minimum absolute atomic E-state index is 0.137. The first-order valence-corrected chi connectivity index (χ1v) is 12.3. The summed E-state index contributed by atoms with van der Waals surface area (Å²) >= 11 is 3.52. The van der Waals surface area contributed by atoms with Gasteiger partial charge in [-0.15, -0.1) is 10.2 Å². The molecule has 1 fully saturated rings. The number of nitrogens with zero attached hydrogens (tertiary/aromatic N) is 3. The van der Waals surface area contributed by atoms with E-state index in [9.17, 15) is 4.79 Å². The Balaban J connectivity index is 1.35. The highest BCUT2D eigenvalue weighted by molar-refractivity contribution is 9.10. The van der Waals surface area contributed by atoms with Gasteiger partial charge in [0, 0.05) is 40.2 Å². The summed E-state index contributed by atoms with van der Waals surface area (Å²) in [5, 5.41) is 18.7. The number of pyridine rings is 1. The number of hydrogen-bond acceptors (Lipinski definition) is 7. The van der Waals surface area contributed by atoms with Crippen molar-refractivity contribution in [3.63, 3.8) is 0 Å². The molecular weight excluding hydrogens is 508 g/mol. The maximum Gasteiger partial charge on any atom is 0.251 e. The molecule has 0 spiro atoms. The number of carbonyl (C=O) groups is 1. The van der Waals surface area contributed by atoms with Gasteiger partial charge >= 0.3 is 0 Å². The highest BCUT2D eigenvalue weighted by Gasteiger charge is 2.39. The van der Waals surface area contributed by atoms with E-state index in [4.69, 9.17) is 4.42 Å². The quantitative estimate of drug-likeness (QED) is 0.321. The fraction of sp³-hybridized carbons (Fsp3) is 0.231. The summed E-state index contributed by atoms with van der Waals surface area (Å²) in [5.74, 6) is 0.860. The lowest BCUT2D eigenvalue weighted by molar-refractivity contribution is 0.0951. The van der Waals surface area contributed by atoms with Crippen LogP contribution in [0.4, 0.5) is 5.69 Å². The molecule has 8 nitrogen and oxygen atoms in total. The summed E-state index contributed by atoms with van der Waals surface area (Å²) in [6.07, 6.45) is 4.93. The Morgan fingerprint density at radius 2 is 1.83 bits per heavy atom. The van der Waals surface area contributed by atoms with Crippen LogP contribution in [0.25, 0.3) is 11.5 Å². The zero-order chi connectivity index (χ0) is 24.1. The largest absolute Gasteiger partial charge is 0.418 e. The molecule has 2 aromatic heterocycles. The molecule has 1 aliphatic heterocycles. The molecule has 0 unspecified atom stereocenters. The molecule has 178 valence electrons. The van der Waals surface area contributed by atoms with Crippen LogP contribution in [0.1, 0.15) is 34.7 Å². The molecule has 35 heavy (non-hydrogen) atoms. The summed E-state index contributed by atoms with van der Waals surface area (Å²) in [7, 11) is 0. The number of carbonyl (C=O) groups excluding carboxylic acids is 1. The average Bonchev–Trinajstić information content (AvgIpc) is 3.41. The molecule has 3 N–H and O–H groups in total. The second kappa shape index (κ2) is 10.4. The Bertz CT molecular complexity index is 1300. The first-order valence-electron chi connectivity index (χ1n) is 11.5. The van der Waals surface area contributed by atoms with Crippen LogP contribution < -0.4 is 16.0 Å². The van der Waals surface area contributed by atoms with Crippen LogP contribution in [0.3, 0.4) is 0 Å². The smallest absolute Gasteiger partial charge is 0.251 e. The predicted octanol–water partition coefficient (Wildman–Crippen LogP) is 4.51. The van der Waals surface area contributed by atoms with Gasteiger partial charge < -0.3 is 20.4 Å². The van der Waals surface area contributed by atoms with E-state index in [1.165, 1.54) is 0 Å². The highest BCUT2D eigenvalue weighted by atomic mass is 79.9. The Labute approximate surface area is 211 Å². The van der Waals surface area contributed by atoms with E-state index in [0.717, 1.165) is 47.2 Å². The molecular formula is C26H25BrN6O2. The van der Waals surface area contributed by atoms with Crippen molar-refractivity contribution in [2.75, 3.05) is 18.4 Å². The number of amides is 1. The molecule has 0 bridgehead atoms. The van der Waals surface area contributed by atoms with Crippen LogP contribution >= 0.6 is 15.9 Å². The van der Waals surface area contributed by atoms with Crippen molar-refractivity contribution in [1.82, 2.24) is 25.8 Å². The van der Waals surface area contributed by atoms with E-state index in [1.807, 2.05) is 60.7 Å². The predicted molar refractivity (Wildman–Crippen MR) is 137 cm³/mol. The van der Waals surface area contributed by atoms with Crippen LogP contribution in [0.15, 0.2) is 81.9 Å². The van der Waals surface area contributed by atoms with Crippen molar-refractivity contribution in [1.29, 1.82) is 0 Å². The van der Waals surface area contributed by atoms with E-state index in [-0.39, 0.29) is 5.91 Å². The number of anilines is 1. The fourth-order valence-electron chi connectivity index (χ4n) is 4.21. The summed E-state index contributed by atoms with van der Waals surface area (Å²) in [5.41, 5.74) is 2.71. The first kappa shape index (κ1) is 23.2. The van der Waals surface area contributed by atoms with Gasteiger partial charge in [0.05, 0.1) is 0 Å². The third-order valence-electron chi connectivity index (χ3n) is 6.12. The molecule has 0 aliphatic carbocycles. The lowest BCUT2D eigenvalue weighted by atomic mass is 9.87. The number of hydrogen-bond donors (Lipinski definition) is 3. The lowest BCUT2D eigenvalue weighted by Crippen LogP contribution is -2.45. The zero-order valence-electron chi connectivity index (χ0n) is 19.0. The van der Waals surface area contributed by atoms with Crippen molar-refractivity contribution in [2.45, 2.75) is 24.9 Å². The van der Waals surface area contributed by atoms with Gasteiger partial charge in [-0.25, -0.2) is 0 Å². The van der Waals surface area contributed by atoms with Crippen molar-refractivity contribution >= 4 is 27.5 Å². The van der Waals surface area contributed by atoms with Gasteiger partial charge in [0.2, 0.25) is 11.8 Å². The third kappa shape index (κ3) is 5.26. The second-order valence-electron chi connectivity index (χ2n) is 8.46. The second-order valence-corrected chi connectivity index (χ2v) is 9.31. The minimum Gasteiger partial charge on any atom is -0.418 e. The molecule has 0 saturated carbocycles. The van der Waals surface area contributed by atoms with E-state index >= 15 is 0 Å². The monoisotopic (exact) mass is 532 g/mol. The van der Waals surface area contributed by atoms with Gasteiger partial charge in [-0.2, -0.15) is 0 Å². The molecule has 1 amide bonds. The minimum atomic E-state index is -0.534. The Hall–Kier alpha value is -3.56. The third-order valence-corrected chi connectivity index (χ3v) is 6.90. The maximum atomic E-state index is 12.9. The molecule has 2 aromatic carbocycles. The van der Waals surface area contributed by atoms with Crippen LogP contribution in [-0.2, 0) is 12.1 Å². The van der Waals surface area contributed by atoms with Crippen LogP contribution in [-0.4, -0.2) is 34.2 Å². The van der Waals surface area contributed by atoms with Gasteiger partial charge in [0.15, 0.2) is 0 Å². The number of aromatic nitrogens is 3. The average molecular weight is 533 g/mol. The Morgan fingerprint density at radius 1 is 1.03 bits per heavy atom. The maximum absolute atomic E-state index is 12.9. The van der Waals surface area contributed by atoms with Crippen molar-refractivity contribution in [2.24, 2.45) is 0 Å². The highest BCUT2D eigenvalue weighted by Crippen LogP contribution is 2.35. The van der Waals surface area contributed by atoms with Crippen LogP contribution in [0.2, 0.25) is 0 Å². The number of nitrogens with one attached hydrogen (secondary N) is 3. The summed E-state index contributed by atoms with van der Waals surface area (Å²) in [4.78, 5) is 16.9. The summed E-state index contributed by atoms with van der Waals surface area (Å²) in [6.45, 7) is 2.06. The molecule has 4 aromatic rings. The molecule has 3 heterocycles. The summed E-state index contributed by atoms with van der Waals surface area (Å²) in [6, 6.07) is 19.0. The van der Waals surface area contributed by atoms with Crippen molar-refractivity contribution in [3.05, 3.63) is 94.5 Å². The number of rotatable bonds is 7. The van der Waals surface area contributed by atoms with Gasteiger partial charge in [-0.3, -0.25) is 9.78 Å². The number of benzene rings is 2. The summed E-state index contributed by atoms with van der Waals surface area (Å²) < 4.78 is 7.10. The first-order chi connectivity index (χ1) is 17.1. The molecule has 1 saturated heterocycles. The molecule has 0 radical (unpaired) electrons. The Morgan fingerprint density at radius 3 is 2.63 bits per heavy atom. The van der Waals surface area contributed by atoms with E-state index in [2.05, 4.69) is 47.1 Å². The van der Waals surface area contributed by atoms with Gasteiger partial charge in [-0.05, 0) is 67.9 Å². The topological polar surface area (TPSA) is 105 Å². The van der Waals surface area contributed by atoms with Gasteiger partial charge in [-0.1, -0.05) is 40.2 Å². The number of halogens is 1. The standard InChI is InChI=1S/C26H25BrN6O2/c27-22-7-2-1-4-20(22)17-30-23(34)19-5-3-6-21(16-19)31-26(10-14-29-15-11-26)25-33-32-24(35-25)18-8-12-28-13-9-18/h1-9,12-13,16,29,31H,10-11,14-15,17H2,(H,30,34). The normalized spacial score (nSPS) is 14.9. The van der Waals surface area contributed by atoms with E-state index in [1.54, 1.807) is 12.4 Å². The number of piperidine rings is 1. The van der Waals surface area contributed by atoms with Gasteiger partial charge in [0.1, 0.15) is 5.54 Å². The molecule has 9 heteroatoms. The molecule has 1 aliphatic rings. The van der Waals surface area contributed by atoms with E-state index in [0.29, 0.717) is 23.9 Å². The van der Waals surface area contributed by atoms with E-state index < -0.39 is 5.54 Å². The van der Waals surface area contributed by atoms with Crippen molar-refractivity contribution < 1.29 is 9.21 Å². The van der Waals surface area contributed by atoms with Crippen LogP contribution in [0, 0.1) is 0 Å². The zero-order valence-corrected chi connectivity index (χ0v) is 20.6. The molecule has 0 atom stereocenters. The van der Waals surface area contributed by atoms with Gasteiger partial charge in [0.25, 0.3) is 5.91 Å². The SMILES string of the molecule is O=C(NCc1ccccc1Br)c1cccc(NC2(c3nnc(-c4ccncc4)o3)CCNCC2)c1. The van der Waals surface area contributed by atoms with Crippen LogP contribution in [0.5, 0.6) is 0 Å². The lowest BCUT2D eigenvalue weighted by Gasteiger charge is -2.36. The molecule has 5 rings (SSSR count).